The number of nitrogens with zero attached hydrogens (tertiary/aromatic N) is 2. The molecule has 1 fully saturated rings. The Hall–Kier alpha value is -2.49. The van der Waals surface area contributed by atoms with E-state index in [1.807, 2.05) is 12.1 Å². The number of phenolic OH excluding ortho intramolecular Hbond substituents is 1. The number of aromatic hydroxyl groups is 1. The Morgan fingerprint density at radius 3 is 2.79 bits per heavy atom. The molecule has 1 saturated heterocycles. The second kappa shape index (κ2) is 7.86. The molecule has 3 rings (SSSR count). The Balaban J connectivity index is 1.68. The van der Waals surface area contributed by atoms with E-state index < -0.39 is 0 Å². The molecule has 126 valence electrons. The van der Waals surface area contributed by atoms with E-state index in [4.69, 9.17) is 4.99 Å². The number of rotatable bonds is 4. The summed E-state index contributed by atoms with van der Waals surface area (Å²) in [6.45, 7) is 5.53. The number of benzene rings is 2. The molecule has 0 amide bonds. The van der Waals surface area contributed by atoms with Crippen LogP contribution < -0.4 is 5.32 Å². The first kappa shape index (κ1) is 16.4. The predicted molar refractivity (Wildman–Crippen MR) is 98.3 cm³/mol. The lowest BCUT2D eigenvalue weighted by Gasteiger charge is -2.21. The van der Waals surface area contributed by atoms with Gasteiger partial charge in [0.15, 0.2) is 5.96 Å². The van der Waals surface area contributed by atoms with E-state index >= 15 is 0 Å². The van der Waals surface area contributed by atoms with Gasteiger partial charge in [0.1, 0.15) is 5.75 Å². The molecular formula is C20H25N3O. The number of aliphatic imine (C=N–C) groups is 1. The topological polar surface area (TPSA) is 47.9 Å². The van der Waals surface area contributed by atoms with E-state index in [-0.39, 0.29) is 5.75 Å². The Morgan fingerprint density at radius 1 is 1.21 bits per heavy atom. The van der Waals surface area contributed by atoms with Crippen LogP contribution in [0, 0.1) is 0 Å². The minimum absolute atomic E-state index is 0.290. The number of hydrogen-bond donors (Lipinski definition) is 2. The largest absolute Gasteiger partial charge is 0.508 e. The SMILES string of the molecule is CCNC(=NCc1cccc(O)c1)N1CCC(c2ccccc2)C1. The Kier molecular flexibility index (Phi) is 5.36. The second-order valence-electron chi connectivity index (χ2n) is 6.18. The van der Waals surface area contributed by atoms with E-state index in [1.165, 1.54) is 5.56 Å². The first-order valence-electron chi connectivity index (χ1n) is 8.62. The molecule has 1 aliphatic rings. The van der Waals surface area contributed by atoms with Gasteiger partial charge in [-0.05, 0) is 36.6 Å². The van der Waals surface area contributed by atoms with E-state index in [2.05, 4.69) is 47.5 Å². The van der Waals surface area contributed by atoms with Crippen molar-refractivity contribution in [2.24, 2.45) is 4.99 Å². The van der Waals surface area contributed by atoms with Crippen molar-refractivity contribution >= 4 is 5.96 Å². The van der Waals surface area contributed by atoms with E-state index in [9.17, 15) is 5.11 Å². The van der Waals surface area contributed by atoms with Gasteiger partial charge in [0.05, 0.1) is 6.54 Å². The van der Waals surface area contributed by atoms with Crippen molar-refractivity contribution in [1.82, 2.24) is 10.2 Å². The molecule has 0 saturated carbocycles. The molecule has 0 spiro atoms. The van der Waals surface area contributed by atoms with Crippen LogP contribution in [-0.4, -0.2) is 35.6 Å². The molecule has 4 heteroatoms. The summed E-state index contributed by atoms with van der Waals surface area (Å²) in [5.41, 5.74) is 2.42. The number of phenols is 1. The molecule has 0 aromatic heterocycles. The summed E-state index contributed by atoms with van der Waals surface area (Å²) in [5.74, 6) is 1.81. The lowest BCUT2D eigenvalue weighted by molar-refractivity contribution is 0.474. The zero-order valence-electron chi connectivity index (χ0n) is 14.2. The van der Waals surface area contributed by atoms with Crippen molar-refractivity contribution < 1.29 is 5.11 Å². The lowest BCUT2D eigenvalue weighted by atomic mass is 9.99. The molecule has 1 heterocycles. The highest BCUT2D eigenvalue weighted by Gasteiger charge is 2.25. The van der Waals surface area contributed by atoms with Gasteiger partial charge in [-0.3, -0.25) is 0 Å². The minimum Gasteiger partial charge on any atom is -0.508 e. The second-order valence-corrected chi connectivity index (χ2v) is 6.18. The quantitative estimate of drug-likeness (QED) is 0.670. The first-order chi connectivity index (χ1) is 11.8. The number of likely N-dealkylation sites (tertiary alicyclic amines) is 1. The van der Waals surface area contributed by atoms with Gasteiger partial charge in [-0.2, -0.15) is 0 Å². The van der Waals surface area contributed by atoms with Crippen molar-refractivity contribution in [3.63, 3.8) is 0 Å². The van der Waals surface area contributed by atoms with Gasteiger partial charge in [-0.1, -0.05) is 42.5 Å². The van der Waals surface area contributed by atoms with Crippen LogP contribution in [-0.2, 0) is 6.54 Å². The zero-order chi connectivity index (χ0) is 16.8. The number of guanidine groups is 1. The van der Waals surface area contributed by atoms with Crippen LogP contribution in [0.15, 0.2) is 59.6 Å². The summed E-state index contributed by atoms with van der Waals surface area (Å²) < 4.78 is 0. The molecule has 24 heavy (non-hydrogen) atoms. The highest BCUT2D eigenvalue weighted by atomic mass is 16.3. The normalized spacial score (nSPS) is 18.0. The third kappa shape index (κ3) is 4.07. The Labute approximate surface area is 143 Å². The van der Waals surface area contributed by atoms with Crippen molar-refractivity contribution in [2.45, 2.75) is 25.8 Å². The zero-order valence-corrected chi connectivity index (χ0v) is 14.2. The molecule has 1 unspecified atom stereocenters. The molecule has 0 bridgehead atoms. The van der Waals surface area contributed by atoms with E-state index in [0.29, 0.717) is 12.5 Å². The fourth-order valence-corrected chi connectivity index (χ4v) is 3.20. The minimum atomic E-state index is 0.290. The van der Waals surface area contributed by atoms with Crippen molar-refractivity contribution in [1.29, 1.82) is 0 Å². The Bertz CT molecular complexity index is 684. The predicted octanol–water partition coefficient (Wildman–Crippen LogP) is 3.35. The molecule has 0 radical (unpaired) electrons. The monoisotopic (exact) mass is 323 g/mol. The summed E-state index contributed by atoms with van der Waals surface area (Å²) in [6, 6.07) is 18.0. The average molecular weight is 323 g/mol. The molecule has 1 aliphatic heterocycles. The standard InChI is InChI=1S/C20H25N3O/c1-2-21-20(22-14-16-7-6-10-19(24)13-16)23-12-11-18(15-23)17-8-4-3-5-9-17/h3-10,13,18,24H,2,11-12,14-15H2,1H3,(H,21,22). The van der Waals surface area contributed by atoms with Crippen LogP contribution >= 0.6 is 0 Å². The van der Waals surface area contributed by atoms with E-state index in [0.717, 1.165) is 37.6 Å². The fourth-order valence-electron chi connectivity index (χ4n) is 3.20. The number of nitrogens with one attached hydrogen (secondary N) is 1. The van der Waals surface area contributed by atoms with Gasteiger partial charge < -0.3 is 15.3 Å². The number of hydrogen-bond acceptors (Lipinski definition) is 2. The van der Waals surface area contributed by atoms with Crippen LogP contribution in [0.25, 0.3) is 0 Å². The van der Waals surface area contributed by atoms with Gasteiger partial charge in [0.25, 0.3) is 0 Å². The van der Waals surface area contributed by atoms with Crippen LogP contribution in [0.3, 0.4) is 0 Å². The van der Waals surface area contributed by atoms with Gasteiger partial charge in [0.2, 0.25) is 0 Å². The lowest BCUT2D eigenvalue weighted by Crippen LogP contribution is -2.40. The summed E-state index contributed by atoms with van der Waals surface area (Å²) >= 11 is 0. The van der Waals surface area contributed by atoms with Crippen molar-refractivity contribution in [3.8, 4) is 5.75 Å². The maximum Gasteiger partial charge on any atom is 0.194 e. The highest BCUT2D eigenvalue weighted by Crippen LogP contribution is 2.27. The van der Waals surface area contributed by atoms with Crippen molar-refractivity contribution in [3.05, 3.63) is 65.7 Å². The van der Waals surface area contributed by atoms with Gasteiger partial charge in [0, 0.05) is 25.6 Å². The summed E-state index contributed by atoms with van der Waals surface area (Å²) in [6.07, 6.45) is 1.15. The van der Waals surface area contributed by atoms with E-state index in [1.54, 1.807) is 12.1 Å². The third-order valence-corrected chi connectivity index (χ3v) is 4.42. The molecule has 2 aromatic carbocycles. The fraction of sp³-hybridized carbons (Fsp3) is 0.350. The molecule has 2 N–H and O–H groups in total. The molecule has 2 aromatic rings. The highest BCUT2D eigenvalue weighted by molar-refractivity contribution is 5.80. The maximum absolute atomic E-state index is 9.58. The third-order valence-electron chi connectivity index (χ3n) is 4.42. The van der Waals surface area contributed by atoms with Gasteiger partial charge >= 0.3 is 0 Å². The summed E-state index contributed by atoms with van der Waals surface area (Å²) in [7, 11) is 0. The van der Waals surface area contributed by atoms with Crippen LogP contribution in [0.4, 0.5) is 0 Å². The van der Waals surface area contributed by atoms with Crippen LogP contribution in [0.1, 0.15) is 30.4 Å². The molecule has 4 nitrogen and oxygen atoms in total. The Morgan fingerprint density at radius 2 is 2.04 bits per heavy atom. The summed E-state index contributed by atoms with van der Waals surface area (Å²) in [4.78, 5) is 7.09. The van der Waals surface area contributed by atoms with Gasteiger partial charge in [-0.25, -0.2) is 4.99 Å². The average Bonchev–Trinajstić information content (AvgIpc) is 3.09. The maximum atomic E-state index is 9.58. The first-order valence-corrected chi connectivity index (χ1v) is 8.62. The molecular weight excluding hydrogens is 298 g/mol. The molecule has 0 aliphatic carbocycles. The summed E-state index contributed by atoms with van der Waals surface area (Å²) in [5, 5.41) is 13.0. The van der Waals surface area contributed by atoms with Gasteiger partial charge in [-0.15, -0.1) is 0 Å². The van der Waals surface area contributed by atoms with Crippen LogP contribution in [0.2, 0.25) is 0 Å². The molecule has 1 atom stereocenters. The van der Waals surface area contributed by atoms with Crippen molar-refractivity contribution in [2.75, 3.05) is 19.6 Å². The van der Waals surface area contributed by atoms with Crippen LogP contribution in [0.5, 0.6) is 5.75 Å². The smallest absolute Gasteiger partial charge is 0.194 e.